The number of rotatable bonds is 3. The molecule has 5 rings (SSSR count). The van der Waals surface area contributed by atoms with Crippen LogP contribution in [0, 0.1) is 0 Å². The lowest BCUT2D eigenvalue weighted by Gasteiger charge is -2.34. The minimum absolute atomic E-state index is 0.124. The SMILES string of the molecule is CCc1cc2c(N3CCCC[C@H]3c3nc4ccccc4o3)ncnc2s1. The summed E-state index contributed by atoms with van der Waals surface area (Å²) in [6, 6.07) is 10.3. The second-order valence-electron chi connectivity index (χ2n) is 6.71. The average Bonchev–Trinajstić information content (AvgIpc) is 3.31. The number of hydrogen-bond acceptors (Lipinski definition) is 6. The molecule has 1 atom stereocenters. The maximum atomic E-state index is 6.10. The molecular formula is C20H20N4OS. The molecule has 1 saturated heterocycles. The summed E-state index contributed by atoms with van der Waals surface area (Å²) in [5.74, 6) is 1.81. The van der Waals surface area contributed by atoms with Crippen molar-refractivity contribution in [1.82, 2.24) is 15.0 Å². The fraction of sp³-hybridized carbons (Fsp3) is 0.350. The predicted molar refractivity (Wildman–Crippen MR) is 105 cm³/mol. The lowest BCUT2D eigenvalue weighted by atomic mass is 10.0. The lowest BCUT2D eigenvalue weighted by Crippen LogP contribution is -2.34. The summed E-state index contributed by atoms with van der Waals surface area (Å²) in [6.07, 6.45) is 6.08. The highest BCUT2D eigenvalue weighted by atomic mass is 32.1. The number of aromatic nitrogens is 3. The van der Waals surface area contributed by atoms with Crippen molar-refractivity contribution in [3.8, 4) is 0 Å². The molecule has 132 valence electrons. The lowest BCUT2D eigenvalue weighted by molar-refractivity contribution is 0.390. The largest absolute Gasteiger partial charge is 0.438 e. The minimum Gasteiger partial charge on any atom is -0.438 e. The van der Waals surface area contributed by atoms with Crippen molar-refractivity contribution in [2.24, 2.45) is 0 Å². The first-order valence-corrected chi connectivity index (χ1v) is 10.0. The first-order valence-electron chi connectivity index (χ1n) is 9.19. The van der Waals surface area contributed by atoms with Crippen LogP contribution >= 0.6 is 11.3 Å². The number of benzene rings is 1. The Morgan fingerprint density at radius 1 is 1.23 bits per heavy atom. The standard InChI is InChI=1S/C20H20N4OS/c1-2-13-11-14-18(21-12-22-20(14)26-13)24-10-6-5-8-16(24)19-23-15-7-3-4-9-17(15)25-19/h3-4,7,9,11-12,16H,2,5-6,8,10H2,1H3/t16-/m0/s1. The van der Waals surface area contributed by atoms with Gasteiger partial charge >= 0.3 is 0 Å². The van der Waals surface area contributed by atoms with Gasteiger partial charge in [0.1, 0.15) is 28.5 Å². The van der Waals surface area contributed by atoms with Gasteiger partial charge in [0.2, 0.25) is 5.89 Å². The first kappa shape index (κ1) is 15.8. The topological polar surface area (TPSA) is 55.1 Å². The van der Waals surface area contributed by atoms with Crippen molar-refractivity contribution in [3.05, 3.63) is 47.4 Å². The molecule has 4 heterocycles. The number of piperidine rings is 1. The molecule has 0 N–H and O–H groups in total. The van der Waals surface area contributed by atoms with E-state index in [-0.39, 0.29) is 6.04 Å². The summed E-state index contributed by atoms with van der Waals surface area (Å²) in [5, 5.41) is 1.15. The Bertz CT molecular complexity index is 1040. The number of aryl methyl sites for hydroxylation is 1. The average molecular weight is 364 g/mol. The van der Waals surface area contributed by atoms with E-state index in [2.05, 4.69) is 27.9 Å². The van der Waals surface area contributed by atoms with E-state index in [4.69, 9.17) is 9.40 Å². The molecule has 1 fully saturated rings. The highest BCUT2D eigenvalue weighted by molar-refractivity contribution is 7.18. The van der Waals surface area contributed by atoms with Gasteiger partial charge in [0.15, 0.2) is 5.58 Å². The maximum Gasteiger partial charge on any atom is 0.218 e. The predicted octanol–water partition coefficient (Wildman–Crippen LogP) is 5.13. The molecule has 0 radical (unpaired) electrons. The van der Waals surface area contributed by atoms with Crippen LogP contribution in [0.2, 0.25) is 0 Å². The number of fused-ring (bicyclic) bond motifs is 2. The molecule has 4 aromatic rings. The summed E-state index contributed by atoms with van der Waals surface area (Å²) in [4.78, 5) is 18.7. The van der Waals surface area contributed by atoms with E-state index >= 15 is 0 Å². The third-order valence-corrected chi connectivity index (χ3v) is 6.27. The van der Waals surface area contributed by atoms with E-state index in [1.54, 1.807) is 17.7 Å². The Hall–Kier alpha value is -2.47. The van der Waals surface area contributed by atoms with Crippen LogP contribution in [0.4, 0.5) is 5.82 Å². The van der Waals surface area contributed by atoms with Crippen LogP contribution in [-0.4, -0.2) is 21.5 Å². The van der Waals surface area contributed by atoms with E-state index < -0.39 is 0 Å². The third kappa shape index (κ3) is 2.56. The normalized spacial score (nSPS) is 18.0. The van der Waals surface area contributed by atoms with E-state index in [0.717, 1.165) is 58.8 Å². The number of nitrogens with zero attached hydrogens (tertiary/aromatic N) is 4. The molecule has 0 amide bonds. The highest BCUT2D eigenvalue weighted by Crippen LogP contribution is 2.39. The second kappa shape index (κ2) is 6.36. The van der Waals surface area contributed by atoms with E-state index in [1.807, 2.05) is 24.3 Å². The molecule has 0 bridgehead atoms. The van der Waals surface area contributed by atoms with Gasteiger partial charge in [-0.05, 0) is 43.9 Å². The molecule has 6 heteroatoms. The molecule has 5 nitrogen and oxygen atoms in total. The van der Waals surface area contributed by atoms with Crippen molar-refractivity contribution in [1.29, 1.82) is 0 Å². The fourth-order valence-corrected chi connectivity index (χ4v) is 4.70. The van der Waals surface area contributed by atoms with E-state index in [9.17, 15) is 0 Å². The van der Waals surface area contributed by atoms with Crippen molar-refractivity contribution in [2.45, 2.75) is 38.6 Å². The van der Waals surface area contributed by atoms with Crippen LogP contribution in [0.15, 0.2) is 41.1 Å². The van der Waals surface area contributed by atoms with Gasteiger partial charge in [0, 0.05) is 11.4 Å². The third-order valence-electron chi connectivity index (χ3n) is 5.08. The summed E-state index contributed by atoms with van der Waals surface area (Å²) < 4.78 is 6.10. The summed E-state index contributed by atoms with van der Waals surface area (Å²) in [7, 11) is 0. The molecule has 0 aliphatic carbocycles. The van der Waals surface area contributed by atoms with Crippen LogP contribution in [0.3, 0.4) is 0 Å². The number of para-hydroxylation sites is 2. The van der Waals surface area contributed by atoms with Crippen molar-refractivity contribution in [2.75, 3.05) is 11.4 Å². The van der Waals surface area contributed by atoms with Crippen LogP contribution in [0.5, 0.6) is 0 Å². The van der Waals surface area contributed by atoms with Crippen molar-refractivity contribution < 1.29 is 4.42 Å². The highest BCUT2D eigenvalue weighted by Gasteiger charge is 2.30. The van der Waals surface area contributed by atoms with Crippen LogP contribution in [-0.2, 0) is 6.42 Å². The molecule has 1 aliphatic rings. The zero-order chi connectivity index (χ0) is 17.5. The van der Waals surface area contributed by atoms with Crippen molar-refractivity contribution >= 4 is 38.5 Å². The summed E-state index contributed by atoms with van der Waals surface area (Å²) in [6.45, 7) is 3.15. The molecule has 0 spiro atoms. The monoisotopic (exact) mass is 364 g/mol. The molecule has 1 aliphatic heterocycles. The smallest absolute Gasteiger partial charge is 0.218 e. The van der Waals surface area contributed by atoms with Crippen LogP contribution in [0.1, 0.15) is 43.0 Å². The Kier molecular flexibility index (Phi) is 3.85. The first-order chi connectivity index (χ1) is 12.8. The number of hydrogen-bond donors (Lipinski definition) is 0. The zero-order valence-corrected chi connectivity index (χ0v) is 15.5. The van der Waals surface area contributed by atoms with Gasteiger partial charge in [0.05, 0.1) is 5.39 Å². The van der Waals surface area contributed by atoms with Gasteiger partial charge in [-0.3, -0.25) is 0 Å². The molecule has 0 unspecified atom stereocenters. The van der Waals surface area contributed by atoms with Crippen LogP contribution in [0.25, 0.3) is 21.3 Å². The second-order valence-corrected chi connectivity index (χ2v) is 7.82. The number of anilines is 1. The number of thiophene rings is 1. The molecule has 26 heavy (non-hydrogen) atoms. The van der Waals surface area contributed by atoms with Gasteiger partial charge in [-0.25, -0.2) is 15.0 Å². The Labute approximate surface area is 155 Å². The molecule has 0 saturated carbocycles. The number of oxazole rings is 1. The van der Waals surface area contributed by atoms with Gasteiger partial charge in [0.25, 0.3) is 0 Å². The summed E-state index contributed by atoms with van der Waals surface area (Å²) in [5.41, 5.74) is 1.77. The Morgan fingerprint density at radius 3 is 3.04 bits per heavy atom. The minimum atomic E-state index is 0.124. The quantitative estimate of drug-likeness (QED) is 0.504. The van der Waals surface area contributed by atoms with E-state index in [1.165, 1.54) is 11.3 Å². The maximum absolute atomic E-state index is 6.10. The molecule has 1 aromatic carbocycles. The van der Waals surface area contributed by atoms with Crippen molar-refractivity contribution in [3.63, 3.8) is 0 Å². The van der Waals surface area contributed by atoms with E-state index in [0.29, 0.717) is 0 Å². The zero-order valence-electron chi connectivity index (χ0n) is 14.7. The summed E-state index contributed by atoms with van der Waals surface area (Å²) >= 11 is 1.76. The fourth-order valence-electron chi connectivity index (χ4n) is 3.77. The molecule has 3 aromatic heterocycles. The Balaban J connectivity index is 1.61. The van der Waals surface area contributed by atoms with Gasteiger partial charge in [-0.1, -0.05) is 19.1 Å². The van der Waals surface area contributed by atoms with Gasteiger partial charge in [-0.2, -0.15) is 0 Å². The van der Waals surface area contributed by atoms with Gasteiger partial charge in [-0.15, -0.1) is 11.3 Å². The van der Waals surface area contributed by atoms with Crippen LogP contribution < -0.4 is 4.90 Å². The van der Waals surface area contributed by atoms with Gasteiger partial charge < -0.3 is 9.32 Å². The molecular weight excluding hydrogens is 344 g/mol. The Morgan fingerprint density at radius 2 is 2.15 bits per heavy atom.